The van der Waals surface area contributed by atoms with Crippen LogP contribution in [0.15, 0.2) is 48.6 Å². The lowest BCUT2D eigenvalue weighted by Gasteiger charge is -2.37. The maximum Gasteiger partial charge on any atom is 0.251 e. The van der Waals surface area contributed by atoms with E-state index < -0.39 is 35.0 Å². The molecule has 3 aliphatic heterocycles. The number of fused-ring (bicyclic) bond motifs is 2. The molecule has 0 saturated carbocycles. The highest BCUT2D eigenvalue weighted by molar-refractivity contribution is 6.13. The van der Waals surface area contributed by atoms with Crippen LogP contribution in [0, 0.1) is 17.3 Å². The standard InChI is InChI=1S/C13H12N2O4.C8H7NO/c16-9-5-4-8(10(17)14-9)13-6-2-1-3-7(13)11(18)15-12(13)19;10-8-7-4-2-1-3-6(7)5-9-8/h1-3,6-8H,4-5H2,(H,14,16,17)(H,15,18,19);1-4H,5H2,(H,9,10). The number of hydrogen-bond donors (Lipinski definition) is 3. The number of allylic oxidation sites excluding steroid dienone is 2. The Labute approximate surface area is 166 Å². The van der Waals surface area contributed by atoms with Crippen molar-refractivity contribution in [2.75, 3.05) is 0 Å². The normalized spacial score (nSPS) is 29.3. The maximum absolute atomic E-state index is 12.2. The predicted molar refractivity (Wildman–Crippen MR) is 101 cm³/mol. The van der Waals surface area contributed by atoms with Gasteiger partial charge in [0.25, 0.3) is 5.91 Å². The average Bonchev–Trinajstić information content (AvgIpc) is 3.21. The van der Waals surface area contributed by atoms with Crippen LogP contribution in [0.5, 0.6) is 0 Å². The van der Waals surface area contributed by atoms with Gasteiger partial charge in [0.05, 0.1) is 17.3 Å². The fraction of sp³-hybridized carbons (Fsp3) is 0.286. The fourth-order valence-corrected chi connectivity index (χ4v) is 4.28. The van der Waals surface area contributed by atoms with Crippen LogP contribution in [0.2, 0.25) is 0 Å². The first kappa shape index (κ1) is 18.8. The van der Waals surface area contributed by atoms with Crippen molar-refractivity contribution in [1.82, 2.24) is 16.0 Å². The average molecular weight is 393 g/mol. The summed E-state index contributed by atoms with van der Waals surface area (Å²) in [6.07, 6.45) is 7.05. The topological polar surface area (TPSA) is 121 Å². The van der Waals surface area contributed by atoms with Crippen molar-refractivity contribution in [3.63, 3.8) is 0 Å². The summed E-state index contributed by atoms with van der Waals surface area (Å²) >= 11 is 0. The minimum atomic E-state index is -1.18. The van der Waals surface area contributed by atoms with E-state index in [1.807, 2.05) is 24.3 Å². The molecule has 1 aromatic carbocycles. The summed E-state index contributed by atoms with van der Waals surface area (Å²) in [5, 5.41) is 7.27. The van der Waals surface area contributed by atoms with Crippen molar-refractivity contribution in [1.29, 1.82) is 0 Å². The van der Waals surface area contributed by atoms with Gasteiger partial charge < -0.3 is 5.32 Å². The van der Waals surface area contributed by atoms with E-state index in [0.29, 0.717) is 6.54 Å². The Bertz CT molecular complexity index is 996. The Hall–Kier alpha value is -3.55. The number of piperidine rings is 1. The highest BCUT2D eigenvalue weighted by Crippen LogP contribution is 2.47. The quantitative estimate of drug-likeness (QED) is 0.595. The molecule has 5 amide bonds. The summed E-state index contributed by atoms with van der Waals surface area (Å²) in [5.74, 6) is -2.99. The Morgan fingerprint density at radius 2 is 1.72 bits per heavy atom. The predicted octanol–water partition coefficient (Wildman–Crippen LogP) is 0.354. The molecule has 8 heteroatoms. The Morgan fingerprint density at radius 1 is 0.931 bits per heavy atom. The molecule has 3 unspecified atom stereocenters. The lowest BCUT2D eigenvalue weighted by molar-refractivity contribution is -0.144. The van der Waals surface area contributed by atoms with Gasteiger partial charge >= 0.3 is 0 Å². The third-order valence-electron chi connectivity index (χ3n) is 5.73. The maximum atomic E-state index is 12.2. The molecule has 148 valence electrons. The second-order valence-electron chi connectivity index (χ2n) is 7.32. The van der Waals surface area contributed by atoms with E-state index in [4.69, 9.17) is 0 Å². The van der Waals surface area contributed by atoms with Gasteiger partial charge in [-0.25, -0.2) is 0 Å². The van der Waals surface area contributed by atoms with Gasteiger partial charge in [-0.05, 0) is 18.1 Å². The number of benzene rings is 1. The van der Waals surface area contributed by atoms with Gasteiger partial charge in [-0.15, -0.1) is 0 Å². The van der Waals surface area contributed by atoms with E-state index in [2.05, 4.69) is 16.0 Å². The number of nitrogens with one attached hydrogen (secondary N) is 3. The lowest BCUT2D eigenvalue weighted by Crippen LogP contribution is -2.52. The zero-order valence-electron chi connectivity index (χ0n) is 15.4. The molecule has 4 aliphatic rings. The summed E-state index contributed by atoms with van der Waals surface area (Å²) in [4.78, 5) is 58.2. The van der Waals surface area contributed by atoms with Crippen molar-refractivity contribution < 1.29 is 24.0 Å². The largest absolute Gasteiger partial charge is 0.348 e. The third-order valence-corrected chi connectivity index (χ3v) is 5.73. The first-order valence-electron chi connectivity index (χ1n) is 9.34. The number of carbonyl (C=O) groups is 5. The molecule has 1 aromatic rings. The second-order valence-corrected chi connectivity index (χ2v) is 7.32. The van der Waals surface area contributed by atoms with Gasteiger partial charge in [-0.3, -0.25) is 34.6 Å². The molecular formula is C21H19N3O5. The number of carbonyl (C=O) groups excluding carboxylic acids is 5. The van der Waals surface area contributed by atoms with E-state index in [1.54, 1.807) is 24.3 Å². The summed E-state index contributed by atoms with van der Waals surface area (Å²) in [5.41, 5.74) is 0.742. The minimum absolute atomic E-state index is 0.0515. The molecule has 2 saturated heterocycles. The van der Waals surface area contributed by atoms with Crippen molar-refractivity contribution >= 4 is 29.5 Å². The summed E-state index contributed by atoms with van der Waals surface area (Å²) in [6, 6.07) is 7.63. The number of rotatable bonds is 1. The molecule has 0 bridgehead atoms. The van der Waals surface area contributed by atoms with E-state index in [1.165, 1.54) is 0 Å². The number of amides is 5. The molecule has 2 fully saturated rings. The molecule has 8 nitrogen and oxygen atoms in total. The Morgan fingerprint density at radius 3 is 2.48 bits per heavy atom. The molecule has 3 N–H and O–H groups in total. The Balaban J connectivity index is 0.000000171. The van der Waals surface area contributed by atoms with Gasteiger partial charge in [-0.1, -0.05) is 42.5 Å². The van der Waals surface area contributed by atoms with Gasteiger partial charge in [0.15, 0.2) is 0 Å². The zero-order valence-corrected chi connectivity index (χ0v) is 15.4. The highest BCUT2D eigenvalue weighted by atomic mass is 16.2. The van der Waals surface area contributed by atoms with Crippen LogP contribution in [-0.2, 0) is 25.7 Å². The van der Waals surface area contributed by atoms with Crippen molar-refractivity contribution in [3.8, 4) is 0 Å². The van der Waals surface area contributed by atoms with E-state index >= 15 is 0 Å². The second kappa shape index (κ2) is 7.12. The summed E-state index contributed by atoms with van der Waals surface area (Å²) in [6.45, 7) is 0.689. The van der Waals surface area contributed by atoms with Crippen LogP contribution in [0.1, 0.15) is 28.8 Å². The van der Waals surface area contributed by atoms with Crippen molar-refractivity contribution in [3.05, 3.63) is 59.7 Å². The van der Waals surface area contributed by atoms with Crippen LogP contribution in [0.25, 0.3) is 0 Å². The molecule has 5 rings (SSSR count). The van der Waals surface area contributed by atoms with Gasteiger partial charge in [0, 0.05) is 18.5 Å². The first-order chi connectivity index (χ1) is 13.9. The molecule has 3 heterocycles. The summed E-state index contributed by atoms with van der Waals surface area (Å²) < 4.78 is 0. The number of imide groups is 2. The van der Waals surface area contributed by atoms with Crippen LogP contribution >= 0.6 is 0 Å². The van der Waals surface area contributed by atoms with Crippen LogP contribution in [-0.4, -0.2) is 29.5 Å². The van der Waals surface area contributed by atoms with Crippen LogP contribution < -0.4 is 16.0 Å². The summed E-state index contributed by atoms with van der Waals surface area (Å²) in [7, 11) is 0. The molecule has 0 spiro atoms. The molecule has 1 aliphatic carbocycles. The smallest absolute Gasteiger partial charge is 0.251 e. The molecular weight excluding hydrogens is 374 g/mol. The third kappa shape index (κ3) is 3.06. The van der Waals surface area contributed by atoms with Gasteiger partial charge in [0.2, 0.25) is 23.6 Å². The van der Waals surface area contributed by atoms with Crippen LogP contribution in [0.4, 0.5) is 0 Å². The van der Waals surface area contributed by atoms with E-state index in [-0.39, 0.29) is 24.7 Å². The molecule has 0 radical (unpaired) electrons. The monoisotopic (exact) mass is 393 g/mol. The van der Waals surface area contributed by atoms with E-state index in [9.17, 15) is 24.0 Å². The van der Waals surface area contributed by atoms with Gasteiger partial charge in [0.1, 0.15) is 0 Å². The van der Waals surface area contributed by atoms with Gasteiger partial charge in [-0.2, -0.15) is 0 Å². The van der Waals surface area contributed by atoms with Crippen molar-refractivity contribution in [2.24, 2.45) is 17.3 Å². The first-order valence-corrected chi connectivity index (χ1v) is 9.34. The lowest BCUT2D eigenvalue weighted by atomic mass is 9.63. The number of hydrogen-bond acceptors (Lipinski definition) is 5. The zero-order chi connectivity index (χ0) is 20.6. The molecule has 3 atom stereocenters. The molecule has 0 aromatic heterocycles. The SMILES string of the molecule is O=C1CCC(C23C=CC=CC2C(=O)NC3=O)C(=O)N1.O=C1NCc2ccccc21. The van der Waals surface area contributed by atoms with Crippen LogP contribution in [0.3, 0.4) is 0 Å². The highest BCUT2D eigenvalue weighted by Gasteiger charge is 2.60. The van der Waals surface area contributed by atoms with E-state index in [0.717, 1.165) is 11.1 Å². The minimum Gasteiger partial charge on any atom is -0.348 e. The molecule has 29 heavy (non-hydrogen) atoms. The fourth-order valence-electron chi connectivity index (χ4n) is 4.28. The van der Waals surface area contributed by atoms with Crippen molar-refractivity contribution in [2.45, 2.75) is 19.4 Å². The Kier molecular flexibility index (Phi) is 4.62.